The number of carbonyl (C=O) groups is 2. The fourth-order valence-electron chi connectivity index (χ4n) is 3.46. The van der Waals surface area contributed by atoms with Crippen molar-refractivity contribution in [1.82, 2.24) is 9.80 Å². The number of nitrogens with zero attached hydrogens (tertiary/aromatic N) is 3. The Hall–Kier alpha value is -2.79. The van der Waals surface area contributed by atoms with E-state index in [4.69, 9.17) is 14.2 Å². The molecule has 1 heterocycles. The Morgan fingerprint density at radius 2 is 1.80 bits per heavy atom. The second kappa shape index (κ2) is 10.3. The standard InChI is InChI=1S/C22H31N3O5/c1-22(2,3)30-21(27)25-15-17(10-11-23)24(14-18(25)12-20(26)29-5)13-16-6-8-19(28-4)9-7-16/h6-9,17-18H,10,12-15H2,1-5H3. The third-order valence-corrected chi connectivity index (χ3v) is 4.94. The van der Waals surface area contributed by atoms with Crippen LogP contribution in [0.15, 0.2) is 24.3 Å². The Balaban J connectivity index is 2.24. The summed E-state index contributed by atoms with van der Waals surface area (Å²) in [5.41, 5.74) is 0.402. The molecule has 0 radical (unpaired) electrons. The molecule has 0 aliphatic carbocycles. The molecule has 1 saturated heterocycles. The van der Waals surface area contributed by atoms with E-state index in [-0.39, 0.29) is 18.9 Å². The predicted molar refractivity (Wildman–Crippen MR) is 111 cm³/mol. The SMILES string of the molecule is COC(=O)CC1CN(Cc2ccc(OC)cc2)C(CC#N)CN1C(=O)OC(C)(C)C. The summed E-state index contributed by atoms with van der Waals surface area (Å²) in [6.07, 6.45) is -0.155. The van der Waals surface area contributed by atoms with Crippen LogP contribution in [0.25, 0.3) is 0 Å². The van der Waals surface area contributed by atoms with E-state index in [2.05, 4.69) is 11.0 Å². The maximum atomic E-state index is 12.8. The van der Waals surface area contributed by atoms with Gasteiger partial charge in [0.25, 0.3) is 0 Å². The van der Waals surface area contributed by atoms with Crippen molar-refractivity contribution >= 4 is 12.1 Å². The maximum Gasteiger partial charge on any atom is 0.410 e. The van der Waals surface area contributed by atoms with E-state index in [0.717, 1.165) is 11.3 Å². The molecule has 1 aliphatic rings. The first kappa shape index (κ1) is 23.5. The van der Waals surface area contributed by atoms with Gasteiger partial charge < -0.3 is 19.1 Å². The van der Waals surface area contributed by atoms with Crippen LogP contribution < -0.4 is 4.74 Å². The monoisotopic (exact) mass is 417 g/mol. The summed E-state index contributed by atoms with van der Waals surface area (Å²) < 4.78 is 15.6. The molecule has 0 saturated carbocycles. The molecule has 1 amide bonds. The molecular weight excluding hydrogens is 386 g/mol. The minimum atomic E-state index is -0.655. The molecule has 30 heavy (non-hydrogen) atoms. The highest BCUT2D eigenvalue weighted by Gasteiger charge is 2.39. The Morgan fingerprint density at radius 1 is 1.13 bits per heavy atom. The highest BCUT2D eigenvalue weighted by molar-refractivity contribution is 5.73. The molecule has 1 fully saturated rings. The minimum Gasteiger partial charge on any atom is -0.497 e. The molecule has 2 rings (SSSR count). The lowest BCUT2D eigenvalue weighted by atomic mass is 10.0. The number of hydrogen-bond acceptors (Lipinski definition) is 7. The van der Waals surface area contributed by atoms with Crippen LogP contribution in [0.4, 0.5) is 4.79 Å². The van der Waals surface area contributed by atoms with Crippen LogP contribution in [0, 0.1) is 11.3 Å². The Bertz CT molecular complexity index is 766. The number of methoxy groups -OCH3 is 2. The molecule has 2 atom stereocenters. The molecular formula is C22H31N3O5. The highest BCUT2D eigenvalue weighted by atomic mass is 16.6. The van der Waals surface area contributed by atoms with Crippen LogP contribution in [0.5, 0.6) is 5.75 Å². The number of esters is 1. The number of hydrogen-bond donors (Lipinski definition) is 0. The van der Waals surface area contributed by atoms with Crippen molar-refractivity contribution in [2.24, 2.45) is 0 Å². The number of ether oxygens (including phenoxy) is 3. The number of carbonyl (C=O) groups excluding carboxylic acids is 2. The maximum absolute atomic E-state index is 12.8. The lowest BCUT2D eigenvalue weighted by molar-refractivity contribution is -0.142. The van der Waals surface area contributed by atoms with Gasteiger partial charge in [-0.25, -0.2) is 4.79 Å². The first-order valence-electron chi connectivity index (χ1n) is 9.97. The highest BCUT2D eigenvalue weighted by Crippen LogP contribution is 2.25. The van der Waals surface area contributed by atoms with E-state index in [1.54, 1.807) is 32.8 Å². The van der Waals surface area contributed by atoms with Gasteiger partial charge in [-0.05, 0) is 38.5 Å². The normalized spacial score (nSPS) is 19.7. The molecule has 164 valence electrons. The lowest BCUT2D eigenvalue weighted by Gasteiger charge is -2.45. The first-order valence-corrected chi connectivity index (χ1v) is 9.97. The molecule has 1 aromatic rings. The van der Waals surface area contributed by atoms with Gasteiger partial charge in [0.05, 0.1) is 39.2 Å². The fraction of sp³-hybridized carbons (Fsp3) is 0.591. The minimum absolute atomic E-state index is 0.0636. The van der Waals surface area contributed by atoms with E-state index in [9.17, 15) is 14.9 Å². The van der Waals surface area contributed by atoms with Crippen molar-refractivity contribution in [3.05, 3.63) is 29.8 Å². The number of amides is 1. The Kier molecular flexibility index (Phi) is 8.07. The molecule has 1 aromatic carbocycles. The fourth-order valence-corrected chi connectivity index (χ4v) is 3.46. The van der Waals surface area contributed by atoms with Crippen molar-refractivity contribution in [1.29, 1.82) is 5.26 Å². The average Bonchev–Trinajstić information content (AvgIpc) is 2.69. The van der Waals surface area contributed by atoms with Gasteiger partial charge >= 0.3 is 12.1 Å². The van der Waals surface area contributed by atoms with Gasteiger partial charge in [0, 0.05) is 25.7 Å². The molecule has 8 nitrogen and oxygen atoms in total. The Labute approximate surface area is 178 Å². The molecule has 0 bridgehead atoms. The zero-order valence-corrected chi connectivity index (χ0v) is 18.4. The van der Waals surface area contributed by atoms with Crippen LogP contribution in [0.3, 0.4) is 0 Å². The summed E-state index contributed by atoms with van der Waals surface area (Å²) in [4.78, 5) is 28.5. The summed E-state index contributed by atoms with van der Waals surface area (Å²) in [5, 5.41) is 9.33. The van der Waals surface area contributed by atoms with Gasteiger partial charge in [0.15, 0.2) is 0 Å². The average molecular weight is 418 g/mol. The van der Waals surface area contributed by atoms with E-state index in [1.165, 1.54) is 7.11 Å². The van der Waals surface area contributed by atoms with E-state index < -0.39 is 23.7 Å². The summed E-state index contributed by atoms with van der Waals surface area (Å²) in [6.45, 7) is 6.73. The summed E-state index contributed by atoms with van der Waals surface area (Å²) in [5.74, 6) is 0.377. The molecule has 0 N–H and O–H groups in total. The zero-order chi connectivity index (χ0) is 22.3. The quantitative estimate of drug-likeness (QED) is 0.657. The molecule has 8 heteroatoms. The van der Waals surface area contributed by atoms with E-state index in [1.807, 2.05) is 24.3 Å². The van der Waals surface area contributed by atoms with Gasteiger partial charge in [0.2, 0.25) is 0 Å². The van der Waals surface area contributed by atoms with Gasteiger partial charge in [-0.1, -0.05) is 12.1 Å². The number of piperazine rings is 1. The van der Waals surface area contributed by atoms with Gasteiger partial charge in [-0.3, -0.25) is 9.69 Å². The van der Waals surface area contributed by atoms with E-state index >= 15 is 0 Å². The summed E-state index contributed by atoms with van der Waals surface area (Å²) >= 11 is 0. The van der Waals surface area contributed by atoms with Crippen LogP contribution in [0.2, 0.25) is 0 Å². The first-order chi connectivity index (χ1) is 14.2. The van der Waals surface area contributed by atoms with Crippen LogP contribution in [-0.2, 0) is 20.8 Å². The lowest BCUT2D eigenvalue weighted by Crippen LogP contribution is -2.60. The molecule has 0 aromatic heterocycles. The second-order valence-electron chi connectivity index (χ2n) is 8.36. The van der Waals surface area contributed by atoms with Gasteiger partial charge in [0.1, 0.15) is 11.4 Å². The smallest absolute Gasteiger partial charge is 0.410 e. The van der Waals surface area contributed by atoms with Crippen molar-refractivity contribution in [2.45, 2.75) is 57.8 Å². The number of rotatable bonds is 6. The Morgan fingerprint density at radius 3 is 2.33 bits per heavy atom. The summed E-state index contributed by atoms with van der Waals surface area (Å²) in [7, 11) is 2.95. The molecule has 0 spiro atoms. The van der Waals surface area contributed by atoms with Gasteiger partial charge in [-0.15, -0.1) is 0 Å². The van der Waals surface area contributed by atoms with Crippen LogP contribution >= 0.6 is 0 Å². The number of benzene rings is 1. The van der Waals surface area contributed by atoms with E-state index in [0.29, 0.717) is 19.6 Å². The third kappa shape index (κ3) is 6.63. The second-order valence-corrected chi connectivity index (χ2v) is 8.36. The topological polar surface area (TPSA) is 92.1 Å². The molecule has 1 aliphatic heterocycles. The predicted octanol–water partition coefficient (Wildman–Crippen LogP) is 2.96. The van der Waals surface area contributed by atoms with Crippen LogP contribution in [0.1, 0.15) is 39.2 Å². The van der Waals surface area contributed by atoms with Crippen molar-refractivity contribution in [3.8, 4) is 11.8 Å². The van der Waals surface area contributed by atoms with Crippen molar-refractivity contribution in [2.75, 3.05) is 27.3 Å². The largest absolute Gasteiger partial charge is 0.497 e. The van der Waals surface area contributed by atoms with Crippen LogP contribution in [-0.4, -0.2) is 66.9 Å². The zero-order valence-electron chi connectivity index (χ0n) is 18.4. The van der Waals surface area contributed by atoms with Gasteiger partial charge in [-0.2, -0.15) is 5.26 Å². The molecule has 2 unspecified atom stereocenters. The number of nitriles is 1. The third-order valence-electron chi connectivity index (χ3n) is 4.94. The summed E-state index contributed by atoms with van der Waals surface area (Å²) in [6, 6.07) is 9.36. The van der Waals surface area contributed by atoms with Crippen molar-refractivity contribution in [3.63, 3.8) is 0 Å². The van der Waals surface area contributed by atoms with Crippen molar-refractivity contribution < 1.29 is 23.8 Å².